The summed E-state index contributed by atoms with van der Waals surface area (Å²) in [6.45, 7) is 1.65. The van der Waals surface area contributed by atoms with Gasteiger partial charge >= 0.3 is 0 Å². The number of nitrogens with zero attached hydrogens (tertiary/aromatic N) is 1. The number of hydrogen-bond acceptors (Lipinski definition) is 3. The fraction of sp³-hybridized carbons (Fsp3) is 0.278. The van der Waals surface area contributed by atoms with Crippen molar-refractivity contribution in [3.8, 4) is 0 Å². The molecule has 0 saturated heterocycles. The number of benzene rings is 2. The van der Waals surface area contributed by atoms with E-state index in [0.29, 0.717) is 17.1 Å². The van der Waals surface area contributed by atoms with Crippen LogP contribution in [0.15, 0.2) is 42.5 Å². The molecule has 1 N–H and O–H groups in total. The molecule has 0 saturated carbocycles. The topological polar surface area (TPSA) is 66.5 Å². The molecule has 0 aliphatic carbocycles. The number of hydrogen-bond donors (Lipinski definition) is 1. The monoisotopic (exact) mass is 398 g/mol. The van der Waals surface area contributed by atoms with E-state index in [2.05, 4.69) is 5.32 Å². The van der Waals surface area contributed by atoms with E-state index in [1.54, 1.807) is 30.3 Å². The Kier molecular flexibility index (Phi) is 6.75. The van der Waals surface area contributed by atoms with Gasteiger partial charge in [-0.25, -0.2) is 12.8 Å². The largest absolute Gasteiger partial charge is 0.325 e. The van der Waals surface area contributed by atoms with Gasteiger partial charge in [-0.05, 0) is 48.7 Å². The van der Waals surface area contributed by atoms with Crippen LogP contribution in [0.1, 0.15) is 11.1 Å². The zero-order chi connectivity index (χ0) is 19.3. The molecule has 0 heterocycles. The van der Waals surface area contributed by atoms with Crippen LogP contribution in [0.3, 0.4) is 0 Å². The molecule has 0 atom stereocenters. The van der Waals surface area contributed by atoms with Crippen LogP contribution >= 0.6 is 11.6 Å². The zero-order valence-corrected chi connectivity index (χ0v) is 16.1. The average molecular weight is 399 g/mol. The SMILES string of the molecule is Cc1ccc(NC(=O)CN(CCc2ccc(F)cc2)S(C)(=O)=O)cc1Cl. The van der Waals surface area contributed by atoms with E-state index in [0.717, 1.165) is 21.7 Å². The second-order valence-electron chi connectivity index (χ2n) is 5.99. The molecule has 0 aliphatic rings. The van der Waals surface area contributed by atoms with E-state index < -0.39 is 15.9 Å². The van der Waals surface area contributed by atoms with Crippen molar-refractivity contribution in [1.29, 1.82) is 0 Å². The number of carbonyl (C=O) groups is 1. The van der Waals surface area contributed by atoms with Gasteiger partial charge in [0.25, 0.3) is 0 Å². The first-order valence-corrected chi connectivity index (χ1v) is 10.1. The fourth-order valence-electron chi connectivity index (χ4n) is 2.30. The number of aryl methyl sites for hydroxylation is 1. The average Bonchev–Trinajstić information content (AvgIpc) is 2.55. The minimum Gasteiger partial charge on any atom is -0.325 e. The van der Waals surface area contributed by atoms with E-state index in [1.165, 1.54) is 12.1 Å². The number of anilines is 1. The second kappa shape index (κ2) is 8.62. The lowest BCUT2D eigenvalue weighted by Crippen LogP contribution is -2.38. The van der Waals surface area contributed by atoms with Crippen LogP contribution in [0.2, 0.25) is 5.02 Å². The molecule has 0 unspecified atom stereocenters. The number of carbonyl (C=O) groups excluding carboxylic acids is 1. The Morgan fingerprint density at radius 1 is 1.19 bits per heavy atom. The van der Waals surface area contributed by atoms with E-state index in [4.69, 9.17) is 11.6 Å². The standard InChI is InChI=1S/C18H20ClFN2O3S/c1-13-3-8-16(11-17(13)19)21-18(23)12-22(26(2,24)25)10-9-14-4-6-15(20)7-5-14/h3-8,11H,9-10,12H2,1-2H3,(H,21,23). The molecule has 0 spiro atoms. The maximum Gasteiger partial charge on any atom is 0.239 e. The predicted octanol–water partition coefficient (Wildman–Crippen LogP) is 3.23. The van der Waals surface area contributed by atoms with E-state index in [-0.39, 0.29) is 18.9 Å². The van der Waals surface area contributed by atoms with Crippen LogP contribution in [0.5, 0.6) is 0 Å². The molecule has 1 amide bonds. The van der Waals surface area contributed by atoms with E-state index in [1.807, 2.05) is 6.92 Å². The summed E-state index contributed by atoms with van der Waals surface area (Å²) in [5.41, 5.74) is 2.16. The molecule has 140 valence electrons. The lowest BCUT2D eigenvalue weighted by molar-refractivity contribution is -0.116. The van der Waals surface area contributed by atoms with Gasteiger partial charge in [0.15, 0.2) is 0 Å². The van der Waals surface area contributed by atoms with Crippen LogP contribution in [0.4, 0.5) is 10.1 Å². The van der Waals surface area contributed by atoms with Gasteiger partial charge in [0.05, 0.1) is 12.8 Å². The van der Waals surface area contributed by atoms with Crippen molar-refractivity contribution in [1.82, 2.24) is 4.31 Å². The molecule has 26 heavy (non-hydrogen) atoms. The van der Waals surface area contributed by atoms with Gasteiger partial charge in [-0.2, -0.15) is 4.31 Å². The summed E-state index contributed by atoms with van der Waals surface area (Å²) in [7, 11) is -3.57. The third-order valence-corrected chi connectivity index (χ3v) is 5.46. The molecule has 8 heteroatoms. The Balaban J connectivity index is 2.01. The number of amides is 1. The van der Waals surface area contributed by atoms with Gasteiger partial charge in [0.1, 0.15) is 5.82 Å². The van der Waals surface area contributed by atoms with Crippen molar-refractivity contribution < 1.29 is 17.6 Å². The number of nitrogens with one attached hydrogen (secondary N) is 1. The second-order valence-corrected chi connectivity index (χ2v) is 8.37. The Labute approximate surface area is 157 Å². The van der Waals surface area contributed by atoms with Gasteiger partial charge in [-0.15, -0.1) is 0 Å². The first kappa shape index (κ1) is 20.4. The zero-order valence-electron chi connectivity index (χ0n) is 14.5. The van der Waals surface area contributed by atoms with Crippen molar-refractivity contribution >= 4 is 33.2 Å². The Bertz CT molecular complexity index is 886. The Morgan fingerprint density at radius 3 is 2.42 bits per heavy atom. The van der Waals surface area contributed by atoms with Crippen LogP contribution < -0.4 is 5.32 Å². The number of rotatable bonds is 7. The first-order chi connectivity index (χ1) is 12.1. The van der Waals surface area contributed by atoms with E-state index in [9.17, 15) is 17.6 Å². The molecule has 5 nitrogen and oxygen atoms in total. The molecular weight excluding hydrogens is 379 g/mol. The molecule has 2 rings (SSSR count). The lowest BCUT2D eigenvalue weighted by Gasteiger charge is -2.19. The van der Waals surface area contributed by atoms with Gasteiger partial charge < -0.3 is 5.32 Å². The molecule has 2 aromatic carbocycles. The molecule has 0 radical (unpaired) electrons. The highest BCUT2D eigenvalue weighted by molar-refractivity contribution is 7.88. The number of sulfonamides is 1. The summed E-state index contributed by atoms with van der Waals surface area (Å²) in [5.74, 6) is -0.820. The van der Waals surface area contributed by atoms with E-state index >= 15 is 0 Å². The summed E-state index contributed by atoms with van der Waals surface area (Å²) < 4.78 is 37.9. The third kappa shape index (κ3) is 6.09. The molecule has 2 aromatic rings. The summed E-state index contributed by atoms with van der Waals surface area (Å²) in [6.07, 6.45) is 1.42. The van der Waals surface area contributed by atoms with Crippen molar-refractivity contribution in [2.24, 2.45) is 0 Å². The summed E-state index contributed by atoms with van der Waals surface area (Å²) in [6, 6.07) is 10.9. The van der Waals surface area contributed by atoms with Crippen LogP contribution in [0.25, 0.3) is 0 Å². The molecule has 0 bridgehead atoms. The van der Waals surface area contributed by atoms with Crippen LogP contribution in [0, 0.1) is 12.7 Å². The van der Waals surface area contributed by atoms with Gasteiger partial charge in [0, 0.05) is 17.3 Å². The lowest BCUT2D eigenvalue weighted by atomic mass is 10.1. The maximum absolute atomic E-state index is 12.9. The van der Waals surface area contributed by atoms with Crippen LogP contribution in [-0.2, 0) is 21.2 Å². The maximum atomic E-state index is 12.9. The van der Waals surface area contributed by atoms with Gasteiger partial charge in [0.2, 0.25) is 15.9 Å². The molecular formula is C18H20ClFN2O3S. The van der Waals surface area contributed by atoms with Gasteiger partial charge in [-0.1, -0.05) is 29.8 Å². The highest BCUT2D eigenvalue weighted by Crippen LogP contribution is 2.20. The molecule has 0 aromatic heterocycles. The molecule has 0 fully saturated rings. The molecule has 0 aliphatic heterocycles. The summed E-state index contributed by atoms with van der Waals surface area (Å²) in [5, 5.41) is 3.15. The Morgan fingerprint density at radius 2 is 1.85 bits per heavy atom. The minimum absolute atomic E-state index is 0.118. The highest BCUT2D eigenvalue weighted by Gasteiger charge is 2.20. The van der Waals surface area contributed by atoms with Crippen LogP contribution in [-0.4, -0.2) is 38.0 Å². The highest BCUT2D eigenvalue weighted by atomic mass is 35.5. The predicted molar refractivity (Wildman–Crippen MR) is 101 cm³/mol. The van der Waals surface area contributed by atoms with Crippen molar-refractivity contribution in [2.45, 2.75) is 13.3 Å². The first-order valence-electron chi connectivity index (χ1n) is 7.91. The Hall–Kier alpha value is -1.96. The van der Waals surface area contributed by atoms with Crippen molar-refractivity contribution in [2.75, 3.05) is 24.7 Å². The summed E-state index contributed by atoms with van der Waals surface area (Å²) >= 11 is 6.02. The minimum atomic E-state index is -3.57. The fourth-order valence-corrected chi connectivity index (χ4v) is 3.25. The van der Waals surface area contributed by atoms with Crippen molar-refractivity contribution in [3.05, 3.63) is 64.4 Å². The normalized spacial score (nSPS) is 11.6. The number of halogens is 2. The smallest absolute Gasteiger partial charge is 0.239 e. The van der Waals surface area contributed by atoms with Gasteiger partial charge in [-0.3, -0.25) is 4.79 Å². The summed E-state index contributed by atoms with van der Waals surface area (Å²) in [4.78, 5) is 12.2. The van der Waals surface area contributed by atoms with Crippen molar-refractivity contribution in [3.63, 3.8) is 0 Å². The quantitative estimate of drug-likeness (QED) is 0.778. The third-order valence-electron chi connectivity index (χ3n) is 3.81.